The fourth-order valence-corrected chi connectivity index (χ4v) is 2.06. The lowest BCUT2D eigenvalue weighted by Crippen LogP contribution is -2.04. The molecule has 17 heavy (non-hydrogen) atoms. The van der Waals surface area contributed by atoms with Crippen molar-refractivity contribution >= 4 is 32.7 Å². The lowest BCUT2D eigenvalue weighted by molar-refractivity contribution is 0.623. The highest BCUT2D eigenvalue weighted by Gasteiger charge is 2.06. The topological polar surface area (TPSA) is 24.9 Å². The van der Waals surface area contributed by atoms with Crippen molar-refractivity contribution < 1.29 is 4.39 Å². The van der Waals surface area contributed by atoms with E-state index in [9.17, 15) is 4.39 Å². The summed E-state index contributed by atoms with van der Waals surface area (Å²) in [6.07, 6.45) is 1.04. The monoisotopic (exact) mass is 296 g/mol. The summed E-state index contributed by atoms with van der Waals surface area (Å²) in [5.74, 6) is 0.552. The van der Waals surface area contributed by atoms with Crippen molar-refractivity contribution in [3.05, 3.63) is 34.1 Å². The Balaban J connectivity index is 2.51. The number of pyridine rings is 1. The maximum absolute atomic E-state index is 13.4. The summed E-state index contributed by atoms with van der Waals surface area (Å²) in [5, 5.41) is 4.19. The SMILES string of the molecule is CCCNc1nc2cc(F)c(Br)cc2cc1C. The van der Waals surface area contributed by atoms with E-state index in [1.807, 2.05) is 13.0 Å². The molecule has 0 fully saturated rings. The van der Waals surface area contributed by atoms with E-state index in [1.54, 1.807) is 6.07 Å². The van der Waals surface area contributed by atoms with Crippen LogP contribution in [0.15, 0.2) is 22.7 Å². The van der Waals surface area contributed by atoms with Gasteiger partial charge in [-0.15, -0.1) is 0 Å². The Morgan fingerprint density at radius 2 is 2.12 bits per heavy atom. The van der Waals surface area contributed by atoms with Crippen LogP contribution in [0.2, 0.25) is 0 Å². The van der Waals surface area contributed by atoms with Crippen molar-refractivity contribution in [2.45, 2.75) is 20.3 Å². The normalized spacial score (nSPS) is 10.8. The summed E-state index contributed by atoms with van der Waals surface area (Å²) in [6, 6.07) is 5.23. The summed E-state index contributed by atoms with van der Waals surface area (Å²) < 4.78 is 13.9. The van der Waals surface area contributed by atoms with E-state index >= 15 is 0 Å². The number of nitrogens with one attached hydrogen (secondary N) is 1. The molecule has 2 rings (SSSR count). The summed E-state index contributed by atoms with van der Waals surface area (Å²) in [7, 11) is 0. The second kappa shape index (κ2) is 5.00. The molecule has 0 bridgehead atoms. The Morgan fingerprint density at radius 1 is 1.35 bits per heavy atom. The second-order valence-corrected chi connectivity index (χ2v) is 4.89. The molecule has 1 aromatic heterocycles. The molecule has 1 aromatic carbocycles. The van der Waals surface area contributed by atoms with Crippen molar-refractivity contribution in [1.82, 2.24) is 4.98 Å². The molecule has 0 unspecified atom stereocenters. The average molecular weight is 297 g/mol. The van der Waals surface area contributed by atoms with Crippen LogP contribution in [-0.4, -0.2) is 11.5 Å². The van der Waals surface area contributed by atoms with E-state index in [-0.39, 0.29) is 5.82 Å². The van der Waals surface area contributed by atoms with Crippen LogP contribution in [0.4, 0.5) is 10.2 Å². The van der Waals surface area contributed by atoms with Gasteiger partial charge in [0, 0.05) is 18.0 Å². The fourth-order valence-electron chi connectivity index (χ4n) is 1.70. The first kappa shape index (κ1) is 12.3. The molecular weight excluding hydrogens is 283 g/mol. The maximum atomic E-state index is 13.4. The number of aryl methyl sites for hydroxylation is 1. The summed E-state index contributed by atoms with van der Waals surface area (Å²) in [5.41, 5.74) is 1.75. The molecule has 0 spiro atoms. The van der Waals surface area contributed by atoms with Crippen molar-refractivity contribution in [2.24, 2.45) is 0 Å². The van der Waals surface area contributed by atoms with E-state index < -0.39 is 0 Å². The van der Waals surface area contributed by atoms with Gasteiger partial charge in [0.05, 0.1) is 9.99 Å². The van der Waals surface area contributed by atoms with Gasteiger partial charge in [0.15, 0.2) is 0 Å². The highest BCUT2D eigenvalue weighted by atomic mass is 79.9. The van der Waals surface area contributed by atoms with Gasteiger partial charge >= 0.3 is 0 Å². The number of hydrogen-bond donors (Lipinski definition) is 1. The summed E-state index contributed by atoms with van der Waals surface area (Å²) in [6.45, 7) is 4.97. The highest BCUT2D eigenvalue weighted by Crippen LogP contribution is 2.25. The van der Waals surface area contributed by atoms with Gasteiger partial charge in [0.25, 0.3) is 0 Å². The third-order valence-electron chi connectivity index (χ3n) is 2.59. The maximum Gasteiger partial charge on any atom is 0.139 e. The zero-order valence-corrected chi connectivity index (χ0v) is 11.4. The molecule has 4 heteroatoms. The number of rotatable bonds is 3. The van der Waals surface area contributed by atoms with Crippen LogP contribution in [0.3, 0.4) is 0 Å². The number of hydrogen-bond acceptors (Lipinski definition) is 2. The summed E-state index contributed by atoms with van der Waals surface area (Å²) >= 11 is 3.18. The number of halogens is 2. The fraction of sp³-hybridized carbons (Fsp3) is 0.308. The first-order chi connectivity index (χ1) is 8.11. The largest absolute Gasteiger partial charge is 0.370 e. The smallest absolute Gasteiger partial charge is 0.139 e. The number of nitrogens with zero attached hydrogens (tertiary/aromatic N) is 1. The standard InChI is InChI=1S/C13H14BrFN2/c1-3-4-16-13-8(2)5-9-6-10(14)11(15)7-12(9)17-13/h5-7H,3-4H2,1-2H3,(H,16,17). The van der Waals surface area contributed by atoms with Gasteiger partial charge in [-0.2, -0.15) is 0 Å². The van der Waals surface area contributed by atoms with E-state index in [1.165, 1.54) is 6.07 Å². The van der Waals surface area contributed by atoms with Crippen molar-refractivity contribution in [3.63, 3.8) is 0 Å². The predicted molar refractivity (Wildman–Crippen MR) is 72.9 cm³/mol. The molecule has 0 saturated carbocycles. The molecule has 0 aliphatic heterocycles. The number of fused-ring (bicyclic) bond motifs is 1. The molecular formula is C13H14BrFN2. The molecule has 0 aliphatic carbocycles. The first-order valence-corrected chi connectivity index (χ1v) is 6.41. The lowest BCUT2D eigenvalue weighted by Gasteiger charge is -2.09. The van der Waals surface area contributed by atoms with Crippen LogP contribution < -0.4 is 5.32 Å². The van der Waals surface area contributed by atoms with Gasteiger partial charge < -0.3 is 5.32 Å². The minimum absolute atomic E-state index is 0.282. The van der Waals surface area contributed by atoms with Crippen LogP contribution in [0.1, 0.15) is 18.9 Å². The van der Waals surface area contributed by atoms with E-state index in [2.05, 4.69) is 33.2 Å². The Bertz CT molecular complexity index is 555. The summed E-state index contributed by atoms with van der Waals surface area (Å²) in [4.78, 5) is 4.44. The van der Waals surface area contributed by atoms with Crippen LogP contribution >= 0.6 is 15.9 Å². The molecule has 90 valence electrons. The van der Waals surface area contributed by atoms with E-state index in [4.69, 9.17) is 0 Å². The van der Waals surface area contributed by atoms with Crippen molar-refractivity contribution in [1.29, 1.82) is 0 Å². The Morgan fingerprint density at radius 3 is 2.82 bits per heavy atom. The number of aromatic nitrogens is 1. The van der Waals surface area contributed by atoms with Gasteiger partial charge in [-0.3, -0.25) is 0 Å². The Hall–Kier alpha value is -1.16. The third kappa shape index (κ3) is 2.57. The first-order valence-electron chi connectivity index (χ1n) is 5.62. The van der Waals surface area contributed by atoms with Crippen LogP contribution in [0.5, 0.6) is 0 Å². The number of anilines is 1. The van der Waals surface area contributed by atoms with Gasteiger partial charge in [-0.05, 0) is 47.0 Å². The highest BCUT2D eigenvalue weighted by molar-refractivity contribution is 9.10. The molecule has 0 amide bonds. The minimum atomic E-state index is -0.282. The third-order valence-corrected chi connectivity index (χ3v) is 3.20. The molecule has 2 nitrogen and oxygen atoms in total. The van der Waals surface area contributed by atoms with Crippen LogP contribution in [-0.2, 0) is 0 Å². The van der Waals surface area contributed by atoms with Gasteiger partial charge in [-0.1, -0.05) is 6.92 Å². The minimum Gasteiger partial charge on any atom is -0.370 e. The zero-order valence-electron chi connectivity index (χ0n) is 9.85. The van der Waals surface area contributed by atoms with Gasteiger partial charge in [0.1, 0.15) is 11.6 Å². The van der Waals surface area contributed by atoms with E-state index in [0.717, 1.165) is 29.7 Å². The molecule has 0 aliphatic rings. The van der Waals surface area contributed by atoms with Crippen LogP contribution in [0, 0.1) is 12.7 Å². The Kier molecular flexibility index (Phi) is 3.62. The quantitative estimate of drug-likeness (QED) is 0.915. The second-order valence-electron chi connectivity index (χ2n) is 4.04. The molecule has 1 N–H and O–H groups in total. The molecule has 0 radical (unpaired) electrons. The van der Waals surface area contributed by atoms with Crippen molar-refractivity contribution in [2.75, 3.05) is 11.9 Å². The van der Waals surface area contributed by atoms with Gasteiger partial charge in [0.2, 0.25) is 0 Å². The Labute approximate surface area is 108 Å². The molecule has 1 heterocycles. The van der Waals surface area contributed by atoms with Gasteiger partial charge in [-0.25, -0.2) is 9.37 Å². The van der Waals surface area contributed by atoms with E-state index in [0.29, 0.717) is 9.99 Å². The molecule has 0 saturated heterocycles. The average Bonchev–Trinajstić information content (AvgIpc) is 2.29. The lowest BCUT2D eigenvalue weighted by atomic mass is 10.1. The predicted octanol–water partition coefficient (Wildman–Crippen LogP) is 4.27. The van der Waals surface area contributed by atoms with Crippen molar-refractivity contribution in [3.8, 4) is 0 Å². The number of benzene rings is 1. The molecule has 2 aromatic rings. The van der Waals surface area contributed by atoms with Crippen LogP contribution in [0.25, 0.3) is 10.9 Å². The molecule has 0 atom stereocenters. The zero-order chi connectivity index (χ0) is 12.4.